The van der Waals surface area contributed by atoms with Crippen molar-refractivity contribution in [3.05, 3.63) is 21.9 Å². The zero-order valence-corrected chi connectivity index (χ0v) is 8.77. The van der Waals surface area contributed by atoms with Crippen LogP contribution in [0.5, 0.6) is 0 Å². The second-order valence-corrected chi connectivity index (χ2v) is 4.04. The fraction of sp³-hybridized carbons (Fsp3) is 0.444. The van der Waals surface area contributed by atoms with E-state index in [1.807, 2.05) is 18.4 Å². The molecule has 0 saturated heterocycles. The molecular formula is C9H13NO2S. The molecule has 2 N–H and O–H groups in total. The summed E-state index contributed by atoms with van der Waals surface area (Å²) in [4.78, 5) is 12.2. The highest BCUT2D eigenvalue weighted by atomic mass is 32.1. The number of carbonyl (C=O) groups is 1. The van der Waals surface area contributed by atoms with Crippen LogP contribution in [0.3, 0.4) is 0 Å². The lowest BCUT2D eigenvalue weighted by Gasteiger charge is -2.20. The van der Waals surface area contributed by atoms with Crippen molar-refractivity contribution in [1.82, 2.24) is 0 Å². The Labute approximate surface area is 81.5 Å². The highest BCUT2D eigenvalue weighted by molar-refractivity contribution is 7.10. The zero-order chi connectivity index (χ0) is 10.1. The van der Waals surface area contributed by atoms with Crippen LogP contribution >= 0.6 is 11.3 Å². The van der Waals surface area contributed by atoms with Crippen molar-refractivity contribution in [2.75, 3.05) is 7.11 Å². The van der Waals surface area contributed by atoms with Gasteiger partial charge in [0.05, 0.1) is 7.11 Å². The Hall–Kier alpha value is -0.870. The van der Waals surface area contributed by atoms with Crippen LogP contribution in [-0.2, 0) is 15.1 Å². The van der Waals surface area contributed by atoms with Crippen LogP contribution in [0.2, 0.25) is 0 Å². The number of methoxy groups -OCH3 is 1. The lowest BCUT2D eigenvalue weighted by atomic mass is 9.99. The zero-order valence-electron chi connectivity index (χ0n) is 7.96. The average Bonchev–Trinajstić information content (AvgIpc) is 2.50. The number of ether oxygens (including phenoxy) is 1. The number of thiophene rings is 1. The Morgan fingerprint density at radius 2 is 2.31 bits per heavy atom. The van der Waals surface area contributed by atoms with Crippen molar-refractivity contribution in [2.24, 2.45) is 5.73 Å². The first-order chi connectivity index (χ1) is 6.00. The number of hydrogen-bond acceptors (Lipinski definition) is 4. The molecule has 0 unspecified atom stereocenters. The number of aryl methyl sites for hydroxylation is 1. The quantitative estimate of drug-likeness (QED) is 0.732. The molecule has 1 atom stereocenters. The lowest BCUT2D eigenvalue weighted by molar-refractivity contribution is -0.146. The number of esters is 1. The molecule has 0 radical (unpaired) electrons. The maximum Gasteiger partial charge on any atom is 0.331 e. The van der Waals surface area contributed by atoms with Crippen molar-refractivity contribution in [1.29, 1.82) is 0 Å². The lowest BCUT2D eigenvalue weighted by Crippen LogP contribution is -2.42. The highest BCUT2D eigenvalue weighted by Crippen LogP contribution is 2.27. The average molecular weight is 199 g/mol. The Morgan fingerprint density at radius 1 is 1.69 bits per heavy atom. The summed E-state index contributed by atoms with van der Waals surface area (Å²) in [7, 11) is 1.34. The molecule has 1 aromatic heterocycles. The smallest absolute Gasteiger partial charge is 0.331 e. The van der Waals surface area contributed by atoms with Gasteiger partial charge in [-0.25, -0.2) is 4.79 Å². The molecule has 4 heteroatoms. The molecule has 72 valence electrons. The summed E-state index contributed by atoms with van der Waals surface area (Å²) in [6.45, 7) is 3.59. The summed E-state index contributed by atoms with van der Waals surface area (Å²) < 4.78 is 4.64. The van der Waals surface area contributed by atoms with Gasteiger partial charge in [0, 0.05) is 4.88 Å². The highest BCUT2D eigenvalue weighted by Gasteiger charge is 2.33. The molecule has 3 nitrogen and oxygen atoms in total. The van der Waals surface area contributed by atoms with Gasteiger partial charge in [0.1, 0.15) is 5.54 Å². The molecule has 1 aromatic rings. The predicted octanol–water partition coefficient (Wildman–Crippen LogP) is 1.40. The second-order valence-electron chi connectivity index (χ2n) is 3.13. The van der Waals surface area contributed by atoms with Gasteiger partial charge in [0.15, 0.2) is 0 Å². The summed E-state index contributed by atoms with van der Waals surface area (Å²) >= 11 is 1.47. The van der Waals surface area contributed by atoms with E-state index < -0.39 is 11.5 Å². The Balaban J connectivity index is 3.07. The van der Waals surface area contributed by atoms with Gasteiger partial charge >= 0.3 is 5.97 Å². The topological polar surface area (TPSA) is 52.3 Å². The van der Waals surface area contributed by atoms with E-state index in [0.717, 1.165) is 10.4 Å². The van der Waals surface area contributed by atoms with Crippen molar-refractivity contribution in [2.45, 2.75) is 19.4 Å². The minimum atomic E-state index is -1.02. The third kappa shape index (κ3) is 1.73. The van der Waals surface area contributed by atoms with Gasteiger partial charge in [-0.05, 0) is 30.9 Å². The third-order valence-electron chi connectivity index (χ3n) is 1.94. The van der Waals surface area contributed by atoms with E-state index in [-0.39, 0.29) is 0 Å². The Kier molecular flexibility index (Phi) is 2.73. The number of carbonyl (C=O) groups excluding carboxylic acids is 1. The molecular weight excluding hydrogens is 186 g/mol. The Morgan fingerprint density at radius 3 is 2.69 bits per heavy atom. The van der Waals surface area contributed by atoms with Crippen LogP contribution in [0.4, 0.5) is 0 Å². The maximum absolute atomic E-state index is 11.3. The van der Waals surface area contributed by atoms with Gasteiger partial charge in [-0.1, -0.05) is 0 Å². The minimum Gasteiger partial charge on any atom is -0.467 e. The molecule has 0 aliphatic carbocycles. The van der Waals surface area contributed by atoms with Gasteiger partial charge < -0.3 is 10.5 Å². The largest absolute Gasteiger partial charge is 0.467 e. The van der Waals surface area contributed by atoms with E-state index in [1.54, 1.807) is 6.92 Å². The fourth-order valence-corrected chi connectivity index (χ4v) is 2.20. The van der Waals surface area contributed by atoms with Crippen molar-refractivity contribution < 1.29 is 9.53 Å². The fourth-order valence-electron chi connectivity index (χ4n) is 1.21. The summed E-state index contributed by atoms with van der Waals surface area (Å²) in [6.07, 6.45) is 0. The van der Waals surface area contributed by atoms with Crippen LogP contribution in [0.25, 0.3) is 0 Å². The standard InChI is InChI=1S/C9H13NO2S/c1-6-4-5-13-7(6)9(2,10)8(11)12-3/h4-5H,10H2,1-3H3/t9-/m1/s1. The molecule has 0 aromatic carbocycles. The van der Waals surface area contributed by atoms with Crippen molar-refractivity contribution >= 4 is 17.3 Å². The molecule has 1 rings (SSSR count). The molecule has 0 spiro atoms. The monoisotopic (exact) mass is 199 g/mol. The van der Waals surface area contributed by atoms with Crippen LogP contribution in [0.15, 0.2) is 11.4 Å². The number of nitrogens with two attached hydrogens (primary N) is 1. The van der Waals surface area contributed by atoms with Crippen LogP contribution in [-0.4, -0.2) is 13.1 Å². The van der Waals surface area contributed by atoms with Crippen LogP contribution < -0.4 is 5.73 Å². The predicted molar refractivity (Wildman–Crippen MR) is 52.6 cm³/mol. The van der Waals surface area contributed by atoms with E-state index in [4.69, 9.17) is 5.73 Å². The summed E-state index contributed by atoms with van der Waals surface area (Å²) in [5, 5.41) is 1.92. The SMILES string of the molecule is COC(=O)[C@](C)(N)c1sccc1C. The van der Waals surface area contributed by atoms with Crippen LogP contribution in [0.1, 0.15) is 17.4 Å². The summed E-state index contributed by atoms with van der Waals surface area (Å²) in [5.74, 6) is -0.405. The first kappa shape index (κ1) is 10.2. The van der Waals surface area contributed by atoms with Gasteiger partial charge in [-0.3, -0.25) is 0 Å². The van der Waals surface area contributed by atoms with Gasteiger partial charge in [0.25, 0.3) is 0 Å². The van der Waals surface area contributed by atoms with E-state index >= 15 is 0 Å². The molecule has 0 saturated carbocycles. The van der Waals surface area contributed by atoms with Crippen LogP contribution in [0, 0.1) is 6.92 Å². The molecule has 0 bridgehead atoms. The summed E-state index contributed by atoms with van der Waals surface area (Å²) in [5.41, 5.74) is 5.88. The molecule has 13 heavy (non-hydrogen) atoms. The maximum atomic E-state index is 11.3. The molecule has 1 heterocycles. The first-order valence-corrected chi connectivity index (χ1v) is 4.80. The number of hydrogen-bond donors (Lipinski definition) is 1. The molecule has 0 aliphatic rings. The van der Waals surface area contributed by atoms with E-state index in [2.05, 4.69) is 4.74 Å². The van der Waals surface area contributed by atoms with E-state index in [0.29, 0.717) is 0 Å². The van der Waals surface area contributed by atoms with Gasteiger partial charge in [-0.15, -0.1) is 11.3 Å². The third-order valence-corrected chi connectivity index (χ3v) is 3.20. The summed E-state index contributed by atoms with van der Waals surface area (Å²) in [6, 6.07) is 1.94. The molecule has 0 fully saturated rings. The van der Waals surface area contributed by atoms with E-state index in [9.17, 15) is 4.79 Å². The number of rotatable bonds is 2. The van der Waals surface area contributed by atoms with Gasteiger partial charge in [0.2, 0.25) is 0 Å². The second kappa shape index (κ2) is 3.47. The van der Waals surface area contributed by atoms with Gasteiger partial charge in [-0.2, -0.15) is 0 Å². The van der Waals surface area contributed by atoms with E-state index in [1.165, 1.54) is 18.4 Å². The Bertz CT molecular complexity index is 317. The van der Waals surface area contributed by atoms with Crippen molar-refractivity contribution in [3.8, 4) is 0 Å². The normalized spacial score (nSPS) is 15.1. The van der Waals surface area contributed by atoms with Crippen molar-refractivity contribution in [3.63, 3.8) is 0 Å². The molecule has 0 amide bonds. The minimum absolute atomic E-state index is 0.405. The molecule has 0 aliphatic heterocycles. The first-order valence-electron chi connectivity index (χ1n) is 3.92.